The van der Waals surface area contributed by atoms with E-state index < -0.39 is 5.97 Å². The summed E-state index contributed by atoms with van der Waals surface area (Å²) < 4.78 is 5.98. The first-order valence-corrected chi connectivity index (χ1v) is 8.96. The molecule has 0 radical (unpaired) electrons. The summed E-state index contributed by atoms with van der Waals surface area (Å²) >= 11 is 1.35. The van der Waals surface area contributed by atoms with Crippen molar-refractivity contribution < 1.29 is 14.6 Å². The van der Waals surface area contributed by atoms with Crippen molar-refractivity contribution in [2.45, 2.75) is 6.54 Å². The van der Waals surface area contributed by atoms with E-state index in [0.717, 1.165) is 38.4 Å². The van der Waals surface area contributed by atoms with Crippen molar-refractivity contribution in [3.63, 3.8) is 0 Å². The topological polar surface area (TPSA) is 75.5 Å². The smallest absolute Gasteiger partial charge is 0.356 e. The Morgan fingerprint density at radius 3 is 2.64 bits per heavy atom. The average Bonchev–Trinajstić information content (AvgIpc) is 3.11. The van der Waals surface area contributed by atoms with E-state index in [9.17, 15) is 9.90 Å². The van der Waals surface area contributed by atoms with Gasteiger partial charge in [-0.1, -0.05) is 24.3 Å². The van der Waals surface area contributed by atoms with Gasteiger partial charge in [-0.2, -0.15) is 0 Å². The zero-order valence-electron chi connectivity index (χ0n) is 13.5. The molecule has 128 valence electrons. The average molecular weight is 355 g/mol. The Hall–Kier alpha value is -2.35. The molecule has 0 amide bonds. The molecule has 0 atom stereocenters. The lowest BCUT2D eigenvalue weighted by Crippen LogP contribution is -2.35. The predicted octanol–water partition coefficient (Wildman–Crippen LogP) is 2.89. The third-order valence-corrected chi connectivity index (χ3v) is 5.14. The lowest BCUT2D eigenvalue weighted by Gasteiger charge is -2.26. The number of aromatic carboxylic acids is 1. The fourth-order valence-corrected chi connectivity index (χ4v) is 3.73. The maximum absolute atomic E-state index is 11.5. The quantitative estimate of drug-likeness (QED) is 0.776. The van der Waals surface area contributed by atoms with Crippen LogP contribution in [0.5, 0.6) is 0 Å². The molecular weight excluding hydrogens is 338 g/mol. The maximum Gasteiger partial charge on any atom is 0.356 e. The summed E-state index contributed by atoms with van der Waals surface area (Å²) in [5, 5.41) is 11.2. The Kier molecular flexibility index (Phi) is 4.44. The summed E-state index contributed by atoms with van der Waals surface area (Å²) in [5.41, 5.74) is 2.76. The number of rotatable bonds is 4. The van der Waals surface area contributed by atoms with Gasteiger partial charge in [-0.15, -0.1) is 11.3 Å². The van der Waals surface area contributed by atoms with Crippen LogP contribution in [0, 0.1) is 0 Å². The summed E-state index contributed by atoms with van der Waals surface area (Å²) in [4.78, 5) is 22.6. The molecule has 2 aromatic heterocycles. The summed E-state index contributed by atoms with van der Waals surface area (Å²) in [6, 6.07) is 9.83. The monoisotopic (exact) mass is 355 g/mol. The maximum atomic E-state index is 11.5. The molecule has 0 unspecified atom stereocenters. The van der Waals surface area contributed by atoms with E-state index >= 15 is 0 Å². The highest BCUT2D eigenvalue weighted by Crippen LogP contribution is 2.26. The molecule has 1 fully saturated rings. The molecule has 0 spiro atoms. The standard InChI is InChI=1S/C18H17N3O3S/c22-18(23)15-16-14(5-10-25-16)19-17(20-15)13-3-1-12(2-4-13)11-21-6-8-24-9-7-21/h1-5,10H,6-9,11H2,(H,22,23). The number of ether oxygens (including phenoxy) is 1. The van der Waals surface area contributed by atoms with Gasteiger partial charge < -0.3 is 9.84 Å². The van der Waals surface area contributed by atoms with E-state index in [2.05, 4.69) is 14.9 Å². The summed E-state index contributed by atoms with van der Waals surface area (Å²) in [6.45, 7) is 4.34. The van der Waals surface area contributed by atoms with E-state index in [1.807, 2.05) is 35.7 Å². The molecule has 6 nitrogen and oxygen atoms in total. The highest BCUT2D eigenvalue weighted by atomic mass is 32.1. The molecule has 1 N–H and O–H groups in total. The van der Waals surface area contributed by atoms with Gasteiger partial charge in [0.15, 0.2) is 11.5 Å². The first-order chi connectivity index (χ1) is 12.2. The molecule has 7 heteroatoms. The molecule has 4 rings (SSSR count). The van der Waals surface area contributed by atoms with Gasteiger partial charge in [0.1, 0.15) is 0 Å². The van der Waals surface area contributed by atoms with Gasteiger partial charge in [0.2, 0.25) is 0 Å². The van der Waals surface area contributed by atoms with E-state index in [0.29, 0.717) is 16.0 Å². The third kappa shape index (κ3) is 3.39. The van der Waals surface area contributed by atoms with Crippen molar-refractivity contribution >= 4 is 27.5 Å². The third-order valence-electron chi connectivity index (χ3n) is 4.23. The van der Waals surface area contributed by atoms with Crippen LogP contribution in [0.2, 0.25) is 0 Å². The fraction of sp³-hybridized carbons (Fsp3) is 0.278. The molecular formula is C18H17N3O3S. The second kappa shape index (κ2) is 6.87. The van der Waals surface area contributed by atoms with Crippen LogP contribution in [0.4, 0.5) is 0 Å². The van der Waals surface area contributed by atoms with E-state index in [-0.39, 0.29) is 5.69 Å². The molecule has 0 bridgehead atoms. The van der Waals surface area contributed by atoms with Gasteiger partial charge in [-0.3, -0.25) is 4.90 Å². The van der Waals surface area contributed by atoms with Crippen LogP contribution in [0.1, 0.15) is 16.1 Å². The molecule has 1 aliphatic rings. The Morgan fingerprint density at radius 2 is 1.92 bits per heavy atom. The lowest BCUT2D eigenvalue weighted by molar-refractivity contribution is 0.0342. The zero-order chi connectivity index (χ0) is 17.2. The number of nitrogens with zero attached hydrogens (tertiary/aromatic N) is 3. The van der Waals surface area contributed by atoms with E-state index in [4.69, 9.17) is 4.74 Å². The Morgan fingerprint density at radius 1 is 1.16 bits per heavy atom. The van der Waals surface area contributed by atoms with Crippen LogP contribution >= 0.6 is 11.3 Å². The van der Waals surface area contributed by atoms with Crippen molar-refractivity contribution in [2.75, 3.05) is 26.3 Å². The van der Waals surface area contributed by atoms with Crippen LogP contribution in [-0.4, -0.2) is 52.2 Å². The van der Waals surface area contributed by atoms with Crippen LogP contribution in [0.25, 0.3) is 21.6 Å². The van der Waals surface area contributed by atoms with Crippen LogP contribution < -0.4 is 0 Å². The first-order valence-electron chi connectivity index (χ1n) is 8.08. The molecule has 1 aliphatic heterocycles. The lowest BCUT2D eigenvalue weighted by atomic mass is 10.1. The van der Waals surface area contributed by atoms with Crippen molar-refractivity contribution in [1.29, 1.82) is 0 Å². The van der Waals surface area contributed by atoms with E-state index in [1.165, 1.54) is 16.9 Å². The summed E-state index contributed by atoms with van der Waals surface area (Å²) in [6.07, 6.45) is 0. The molecule has 0 saturated carbocycles. The molecule has 3 heterocycles. The highest BCUT2D eigenvalue weighted by molar-refractivity contribution is 7.17. The number of carboxylic acid groups (broad SMARTS) is 1. The number of hydrogen-bond donors (Lipinski definition) is 1. The Balaban J connectivity index is 1.61. The number of fused-ring (bicyclic) bond motifs is 1. The van der Waals surface area contributed by atoms with Crippen molar-refractivity contribution in [3.05, 3.63) is 47.0 Å². The number of benzene rings is 1. The molecule has 0 aliphatic carbocycles. The second-order valence-electron chi connectivity index (χ2n) is 5.92. The Labute approximate surface area is 148 Å². The van der Waals surface area contributed by atoms with Crippen LogP contribution in [-0.2, 0) is 11.3 Å². The van der Waals surface area contributed by atoms with Crippen molar-refractivity contribution in [1.82, 2.24) is 14.9 Å². The van der Waals surface area contributed by atoms with Gasteiger partial charge in [0, 0.05) is 25.2 Å². The Bertz CT molecular complexity index is 902. The predicted molar refractivity (Wildman–Crippen MR) is 95.9 cm³/mol. The summed E-state index contributed by atoms with van der Waals surface area (Å²) in [7, 11) is 0. The van der Waals surface area contributed by atoms with Gasteiger partial charge >= 0.3 is 5.97 Å². The first kappa shape index (κ1) is 16.1. The van der Waals surface area contributed by atoms with Crippen LogP contribution in [0.15, 0.2) is 35.7 Å². The second-order valence-corrected chi connectivity index (χ2v) is 6.84. The van der Waals surface area contributed by atoms with Gasteiger partial charge in [0.05, 0.1) is 23.4 Å². The number of aromatic nitrogens is 2. The number of morpholine rings is 1. The number of thiophene rings is 1. The zero-order valence-corrected chi connectivity index (χ0v) is 14.3. The molecule has 3 aromatic rings. The number of carbonyl (C=O) groups is 1. The minimum absolute atomic E-state index is 0.0624. The highest BCUT2D eigenvalue weighted by Gasteiger charge is 2.16. The number of hydrogen-bond acceptors (Lipinski definition) is 6. The fourth-order valence-electron chi connectivity index (χ4n) is 2.91. The summed E-state index contributed by atoms with van der Waals surface area (Å²) in [5.74, 6) is -0.582. The molecule has 1 aromatic carbocycles. The van der Waals surface area contributed by atoms with E-state index in [1.54, 1.807) is 0 Å². The SMILES string of the molecule is O=C(O)c1nc(-c2ccc(CN3CCOCC3)cc2)nc2ccsc12. The molecule has 1 saturated heterocycles. The largest absolute Gasteiger partial charge is 0.476 e. The number of carboxylic acids is 1. The van der Waals surface area contributed by atoms with Gasteiger partial charge in [-0.25, -0.2) is 14.8 Å². The minimum Gasteiger partial charge on any atom is -0.476 e. The van der Waals surface area contributed by atoms with Gasteiger partial charge in [-0.05, 0) is 17.0 Å². The van der Waals surface area contributed by atoms with Crippen molar-refractivity contribution in [2.24, 2.45) is 0 Å². The molecule has 25 heavy (non-hydrogen) atoms. The van der Waals surface area contributed by atoms with Crippen LogP contribution in [0.3, 0.4) is 0 Å². The normalized spacial score (nSPS) is 15.5. The minimum atomic E-state index is -1.03. The van der Waals surface area contributed by atoms with Crippen molar-refractivity contribution in [3.8, 4) is 11.4 Å². The van der Waals surface area contributed by atoms with Gasteiger partial charge in [0.25, 0.3) is 0 Å².